The molecule has 0 aliphatic carbocycles. The normalized spacial score (nSPS) is 17.7. The topological polar surface area (TPSA) is 86.6 Å². The lowest BCUT2D eigenvalue weighted by molar-refractivity contribution is -0.0531. The number of β-amino-alcohol motifs (C(OH)–C–C–N with tert-alkyl or cyclic N) is 1. The van der Waals surface area contributed by atoms with Crippen molar-refractivity contribution in [2.45, 2.75) is 26.2 Å². The number of nitrogens with zero attached hydrogens (tertiary/aromatic N) is 5. The number of aromatic nitrogens is 3. The summed E-state index contributed by atoms with van der Waals surface area (Å²) in [6, 6.07) is 16.1. The summed E-state index contributed by atoms with van der Waals surface area (Å²) >= 11 is 7.19. The molecule has 204 valence electrons. The van der Waals surface area contributed by atoms with E-state index < -0.39 is 0 Å². The highest BCUT2D eigenvalue weighted by Gasteiger charge is 2.31. The van der Waals surface area contributed by atoms with Crippen molar-refractivity contribution in [3.05, 3.63) is 94.9 Å². The number of hydrogen-bond donors (Lipinski definition) is 2. The smallest absolute Gasteiger partial charge is 0.160 e. The van der Waals surface area contributed by atoms with Crippen molar-refractivity contribution in [1.82, 2.24) is 24.8 Å². The number of rotatable bonds is 7. The van der Waals surface area contributed by atoms with Gasteiger partial charge >= 0.3 is 0 Å². The molecule has 4 heterocycles. The summed E-state index contributed by atoms with van der Waals surface area (Å²) in [5.74, 6) is 1.34. The molecule has 1 saturated heterocycles. The zero-order valence-corrected chi connectivity index (χ0v) is 23.4. The highest BCUT2D eigenvalue weighted by molar-refractivity contribution is 6.35. The SMILES string of the molecule is COC1C=CC=C(c2cccc(-c3cccc(Nc4nc(C)nc5cccnc45)c3C)c2Cl)N1CN1CC(O)C1. The molecule has 0 amide bonds. The molecule has 2 aliphatic rings. The van der Waals surface area contributed by atoms with Crippen LogP contribution >= 0.6 is 11.6 Å². The summed E-state index contributed by atoms with van der Waals surface area (Å²) in [5, 5.41) is 14.0. The molecule has 2 aromatic heterocycles. The Balaban J connectivity index is 1.36. The van der Waals surface area contributed by atoms with Crippen LogP contribution in [-0.2, 0) is 4.74 Å². The molecule has 1 unspecified atom stereocenters. The molecule has 40 heavy (non-hydrogen) atoms. The molecule has 9 heteroatoms. The van der Waals surface area contributed by atoms with Crippen molar-refractivity contribution in [1.29, 1.82) is 0 Å². The van der Waals surface area contributed by atoms with Crippen molar-refractivity contribution < 1.29 is 9.84 Å². The average molecular weight is 555 g/mol. The van der Waals surface area contributed by atoms with Crippen LogP contribution in [0.3, 0.4) is 0 Å². The molecule has 4 aromatic rings. The zero-order valence-electron chi connectivity index (χ0n) is 22.7. The lowest BCUT2D eigenvalue weighted by Crippen LogP contribution is -2.56. The van der Waals surface area contributed by atoms with Gasteiger partial charge in [0, 0.05) is 48.9 Å². The molecule has 2 aliphatic heterocycles. The largest absolute Gasteiger partial charge is 0.390 e. The van der Waals surface area contributed by atoms with E-state index in [1.807, 2.05) is 61.5 Å². The van der Waals surface area contributed by atoms with Crippen LogP contribution in [0.2, 0.25) is 5.02 Å². The summed E-state index contributed by atoms with van der Waals surface area (Å²) in [5.41, 5.74) is 7.33. The Bertz CT molecular complexity index is 1630. The predicted molar refractivity (Wildman–Crippen MR) is 159 cm³/mol. The number of likely N-dealkylation sites (tertiary alicyclic amines) is 1. The van der Waals surface area contributed by atoms with Crippen LogP contribution in [0.1, 0.15) is 17.0 Å². The van der Waals surface area contributed by atoms with Crippen LogP contribution < -0.4 is 5.32 Å². The zero-order chi connectivity index (χ0) is 27.8. The van der Waals surface area contributed by atoms with Gasteiger partial charge in [-0.15, -0.1) is 0 Å². The van der Waals surface area contributed by atoms with Crippen molar-refractivity contribution >= 4 is 39.8 Å². The second kappa shape index (κ2) is 11.0. The number of aliphatic hydroxyl groups is 1. The predicted octanol–water partition coefficient (Wildman–Crippen LogP) is 5.52. The van der Waals surface area contributed by atoms with Crippen LogP contribution in [0.25, 0.3) is 27.9 Å². The van der Waals surface area contributed by atoms with E-state index in [0.29, 0.717) is 36.4 Å². The summed E-state index contributed by atoms with van der Waals surface area (Å²) < 4.78 is 5.78. The first-order valence-corrected chi connectivity index (χ1v) is 13.6. The Morgan fingerprint density at radius 1 is 1.02 bits per heavy atom. The molecule has 1 fully saturated rings. The van der Waals surface area contributed by atoms with E-state index in [1.54, 1.807) is 13.3 Å². The monoisotopic (exact) mass is 554 g/mol. The quantitative estimate of drug-likeness (QED) is 0.309. The van der Waals surface area contributed by atoms with E-state index in [4.69, 9.17) is 16.3 Å². The van der Waals surface area contributed by atoms with E-state index >= 15 is 0 Å². The van der Waals surface area contributed by atoms with Crippen LogP contribution in [0.5, 0.6) is 0 Å². The summed E-state index contributed by atoms with van der Waals surface area (Å²) in [6.45, 7) is 5.88. The van der Waals surface area contributed by atoms with Crippen LogP contribution in [0.4, 0.5) is 11.5 Å². The number of allylic oxidation sites excluding steroid dienone is 2. The third-order valence-electron chi connectivity index (χ3n) is 7.40. The second-order valence-corrected chi connectivity index (χ2v) is 10.5. The first kappa shape index (κ1) is 26.4. The van der Waals surface area contributed by atoms with Crippen molar-refractivity contribution in [2.75, 3.05) is 32.2 Å². The molecular formula is C31H31ClN6O2. The van der Waals surface area contributed by atoms with Gasteiger partial charge in [0.1, 0.15) is 17.6 Å². The summed E-state index contributed by atoms with van der Waals surface area (Å²) in [4.78, 5) is 18.0. The lowest BCUT2D eigenvalue weighted by Gasteiger charge is -2.43. The third-order valence-corrected chi connectivity index (χ3v) is 7.80. The first-order chi connectivity index (χ1) is 19.4. The fraction of sp³-hybridized carbons (Fsp3) is 0.258. The number of ether oxygens (including phenoxy) is 1. The number of halogens is 1. The Kier molecular flexibility index (Phi) is 7.25. The van der Waals surface area contributed by atoms with Gasteiger partial charge in [0.15, 0.2) is 5.82 Å². The number of aryl methyl sites for hydroxylation is 1. The fourth-order valence-electron chi connectivity index (χ4n) is 5.36. The van der Waals surface area contributed by atoms with Crippen LogP contribution in [0, 0.1) is 13.8 Å². The maximum atomic E-state index is 9.81. The standard InChI is InChI=1S/C31H31ClN6O2/c1-19-22(8-5-11-25(19)36-31-30-26(12-7-15-33-30)34-20(2)35-31)23-9-4-10-24(29(23)32)27-13-6-14-28(40-3)38(27)18-37-16-21(39)17-37/h4-15,21,28,39H,16-18H2,1-3H3,(H,34,35,36). The van der Waals surface area contributed by atoms with Gasteiger partial charge in [-0.2, -0.15) is 0 Å². The number of aliphatic hydroxyl groups excluding tert-OH is 1. The molecule has 2 aromatic carbocycles. The lowest BCUT2D eigenvalue weighted by atomic mass is 9.95. The van der Waals surface area contributed by atoms with Gasteiger partial charge in [0.2, 0.25) is 0 Å². The minimum Gasteiger partial charge on any atom is -0.390 e. The van der Waals surface area contributed by atoms with E-state index in [9.17, 15) is 5.11 Å². The van der Waals surface area contributed by atoms with Crippen molar-refractivity contribution in [3.8, 4) is 11.1 Å². The van der Waals surface area contributed by atoms with Gasteiger partial charge in [-0.25, -0.2) is 9.97 Å². The van der Waals surface area contributed by atoms with E-state index in [-0.39, 0.29) is 12.3 Å². The van der Waals surface area contributed by atoms with Gasteiger partial charge in [0.25, 0.3) is 0 Å². The van der Waals surface area contributed by atoms with Gasteiger partial charge in [0.05, 0.1) is 23.3 Å². The molecule has 1 atom stereocenters. The Morgan fingerprint density at radius 3 is 2.60 bits per heavy atom. The molecule has 0 radical (unpaired) electrons. The molecule has 8 nitrogen and oxygen atoms in total. The average Bonchev–Trinajstić information content (AvgIpc) is 2.94. The van der Waals surface area contributed by atoms with Gasteiger partial charge in [-0.3, -0.25) is 9.88 Å². The molecule has 0 spiro atoms. The fourth-order valence-corrected chi connectivity index (χ4v) is 5.68. The van der Waals surface area contributed by atoms with Gasteiger partial charge in [-0.1, -0.05) is 48.0 Å². The number of nitrogens with one attached hydrogen (secondary N) is 1. The van der Waals surface area contributed by atoms with Crippen LogP contribution in [-0.4, -0.2) is 69.1 Å². The number of fused-ring (bicyclic) bond motifs is 1. The Labute approximate surface area is 238 Å². The maximum absolute atomic E-state index is 9.81. The number of methoxy groups -OCH3 is 1. The minimum absolute atomic E-state index is 0.230. The van der Waals surface area contributed by atoms with Crippen molar-refractivity contribution in [3.63, 3.8) is 0 Å². The first-order valence-electron chi connectivity index (χ1n) is 13.3. The van der Waals surface area contributed by atoms with Gasteiger partial charge in [-0.05, 0) is 55.3 Å². The second-order valence-electron chi connectivity index (χ2n) is 10.1. The highest BCUT2D eigenvalue weighted by Crippen LogP contribution is 2.40. The molecular weight excluding hydrogens is 524 g/mol. The van der Waals surface area contributed by atoms with Gasteiger partial charge < -0.3 is 20.1 Å². The molecule has 0 bridgehead atoms. The van der Waals surface area contributed by atoms with Crippen molar-refractivity contribution in [2.24, 2.45) is 0 Å². The summed E-state index contributed by atoms with van der Waals surface area (Å²) in [7, 11) is 1.70. The number of anilines is 2. The Hall–Kier alpha value is -3.82. The summed E-state index contributed by atoms with van der Waals surface area (Å²) in [6.07, 6.45) is 7.33. The number of pyridine rings is 1. The third kappa shape index (κ3) is 4.95. The van der Waals surface area contributed by atoms with E-state index in [0.717, 1.165) is 44.7 Å². The highest BCUT2D eigenvalue weighted by atomic mass is 35.5. The maximum Gasteiger partial charge on any atom is 0.160 e. The number of hydrogen-bond acceptors (Lipinski definition) is 8. The molecule has 0 saturated carbocycles. The van der Waals surface area contributed by atoms with E-state index in [2.05, 4.69) is 49.1 Å². The Morgan fingerprint density at radius 2 is 1.80 bits per heavy atom. The van der Waals surface area contributed by atoms with Crippen LogP contribution in [0.15, 0.2) is 73.0 Å². The molecule has 6 rings (SSSR count). The van der Waals surface area contributed by atoms with E-state index in [1.165, 1.54) is 0 Å². The minimum atomic E-state index is -0.274. The number of benzene rings is 2. The molecule has 2 N–H and O–H groups in total.